The molecule has 0 aromatic rings. The lowest BCUT2D eigenvalue weighted by molar-refractivity contribution is 0.0837. The van der Waals surface area contributed by atoms with Crippen molar-refractivity contribution in [1.29, 1.82) is 0 Å². The standard InChI is InChI=1S/C13H26N2O/c1-15-10-3-2-5-12(15)6-9-14-13(11-16)7-4-8-13/h12,14,16H,2-11H2,1H3. The van der Waals surface area contributed by atoms with Crippen LogP contribution in [-0.4, -0.2) is 48.3 Å². The van der Waals surface area contributed by atoms with Gasteiger partial charge in [0.1, 0.15) is 0 Å². The quantitative estimate of drug-likeness (QED) is 0.743. The van der Waals surface area contributed by atoms with Crippen LogP contribution in [0.25, 0.3) is 0 Å². The normalized spacial score (nSPS) is 30.0. The Morgan fingerprint density at radius 3 is 2.69 bits per heavy atom. The van der Waals surface area contributed by atoms with Crippen molar-refractivity contribution in [2.75, 3.05) is 26.7 Å². The van der Waals surface area contributed by atoms with Crippen LogP contribution in [0, 0.1) is 0 Å². The van der Waals surface area contributed by atoms with Crippen molar-refractivity contribution in [2.45, 2.75) is 56.5 Å². The number of aliphatic hydroxyl groups excluding tert-OH is 1. The minimum Gasteiger partial charge on any atom is -0.394 e. The van der Waals surface area contributed by atoms with Crippen LogP contribution >= 0.6 is 0 Å². The molecule has 1 heterocycles. The maximum absolute atomic E-state index is 9.35. The van der Waals surface area contributed by atoms with Crippen molar-refractivity contribution in [2.24, 2.45) is 0 Å². The van der Waals surface area contributed by atoms with Crippen LogP contribution in [0.2, 0.25) is 0 Å². The van der Waals surface area contributed by atoms with Crippen LogP contribution in [0.1, 0.15) is 44.9 Å². The summed E-state index contributed by atoms with van der Waals surface area (Å²) in [4.78, 5) is 2.50. The molecule has 0 radical (unpaired) electrons. The number of likely N-dealkylation sites (tertiary alicyclic amines) is 1. The predicted molar refractivity (Wildman–Crippen MR) is 66.6 cm³/mol. The molecule has 0 aromatic heterocycles. The lowest BCUT2D eigenvalue weighted by Crippen LogP contribution is -2.54. The summed E-state index contributed by atoms with van der Waals surface area (Å²) in [5.41, 5.74) is 0.0905. The Morgan fingerprint density at radius 1 is 1.31 bits per heavy atom. The summed E-state index contributed by atoms with van der Waals surface area (Å²) in [6, 6.07) is 0.761. The van der Waals surface area contributed by atoms with E-state index in [2.05, 4.69) is 17.3 Å². The number of aliphatic hydroxyl groups is 1. The van der Waals surface area contributed by atoms with E-state index in [1.807, 2.05) is 0 Å². The van der Waals surface area contributed by atoms with Crippen LogP contribution in [0.3, 0.4) is 0 Å². The highest BCUT2D eigenvalue weighted by atomic mass is 16.3. The van der Waals surface area contributed by atoms with Crippen molar-refractivity contribution < 1.29 is 5.11 Å². The minimum atomic E-state index is 0.0905. The lowest BCUT2D eigenvalue weighted by Gasteiger charge is -2.42. The van der Waals surface area contributed by atoms with Crippen molar-refractivity contribution in [3.8, 4) is 0 Å². The predicted octanol–water partition coefficient (Wildman–Crippen LogP) is 1.37. The van der Waals surface area contributed by atoms with Crippen molar-refractivity contribution >= 4 is 0 Å². The summed E-state index contributed by atoms with van der Waals surface area (Å²) >= 11 is 0. The maximum atomic E-state index is 9.35. The van der Waals surface area contributed by atoms with Gasteiger partial charge in [-0.3, -0.25) is 0 Å². The van der Waals surface area contributed by atoms with Crippen LogP contribution < -0.4 is 5.32 Å². The molecular formula is C13H26N2O. The first-order chi connectivity index (χ1) is 7.76. The monoisotopic (exact) mass is 226 g/mol. The molecule has 1 atom stereocenters. The molecular weight excluding hydrogens is 200 g/mol. The van der Waals surface area contributed by atoms with Gasteiger partial charge in [0.2, 0.25) is 0 Å². The Labute approximate surface area is 99.2 Å². The van der Waals surface area contributed by atoms with Crippen LogP contribution in [-0.2, 0) is 0 Å². The van der Waals surface area contributed by atoms with E-state index >= 15 is 0 Å². The van der Waals surface area contributed by atoms with Gasteiger partial charge in [-0.15, -0.1) is 0 Å². The summed E-state index contributed by atoms with van der Waals surface area (Å²) in [5.74, 6) is 0. The molecule has 3 heteroatoms. The fourth-order valence-corrected chi connectivity index (χ4v) is 3.01. The highest BCUT2D eigenvalue weighted by Gasteiger charge is 2.35. The van der Waals surface area contributed by atoms with Crippen molar-refractivity contribution in [1.82, 2.24) is 10.2 Å². The summed E-state index contributed by atoms with van der Waals surface area (Å²) in [6.07, 6.45) is 8.93. The first kappa shape index (κ1) is 12.3. The zero-order valence-electron chi connectivity index (χ0n) is 10.5. The average Bonchev–Trinajstić information content (AvgIpc) is 2.25. The first-order valence-electron chi connectivity index (χ1n) is 6.82. The summed E-state index contributed by atoms with van der Waals surface area (Å²) in [5, 5.41) is 12.9. The molecule has 1 aliphatic carbocycles. The van der Waals surface area contributed by atoms with Gasteiger partial charge in [-0.1, -0.05) is 6.42 Å². The first-order valence-corrected chi connectivity index (χ1v) is 6.82. The molecule has 2 N–H and O–H groups in total. The van der Waals surface area contributed by atoms with E-state index < -0.39 is 0 Å². The highest BCUT2D eigenvalue weighted by Crippen LogP contribution is 2.31. The largest absolute Gasteiger partial charge is 0.394 e. The molecule has 2 fully saturated rings. The van der Waals surface area contributed by atoms with Gasteiger partial charge >= 0.3 is 0 Å². The van der Waals surface area contributed by atoms with E-state index in [0.29, 0.717) is 6.61 Å². The molecule has 1 saturated heterocycles. The van der Waals surface area contributed by atoms with Gasteiger partial charge in [-0.2, -0.15) is 0 Å². The Balaban J connectivity index is 1.66. The summed E-state index contributed by atoms with van der Waals surface area (Å²) < 4.78 is 0. The van der Waals surface area contributed by atoms with Gasteiger partial charge < -0.3 is 15.3 Å². The van der Waals surface area contributed by atoms with Crippen LogP contribution in [0.5, 0.6) is 0 Å². The Morgan fingerprint density at radius 2 is 2.12 bits per heavy atom. The fourth-order valence-electron chi connectivity index (χ4n) is 3.01. The number of rotatable bonds is 5. The third-order valence-electron chi connectivity index (χ3n) is 4.51. The molecule has 94 valence electrons. The van der Waals surface area contributed by atoms with Gasteiger partial charge in [0, 0.05) is 11.6 Å². The molecule has 16 heavy (non-hydrogen) atoms. The van der Waals surface area contributed by atoms with Gasteiger partial charge in [0.15, 0.2) is 0 Å². The topological polar surface area (TPSA) is 35.5 Å². The second-order valence-electron chi connectivity index (χ2n) is 5.64. The zero-order valence-corrected chi connectivity index (χ0v) is 10.5. The molecule has 1 aliphatic heterocycles. The lowest BCUT2D eigenvalue weighted by atomic mass is 9.77. The van der Waals surface area contributed by atoms with Crippen molar-refractivity contribution in [3.63, 3.8) is 0 Å². The summed E-state index contributed by atoms with van der Waals surface area (Å²) in [7, 11) is 2.25. The third kappa shape index (κ3) is 2.76. The minimum absolute atomic E-state index is 0.0905. The second kappa shape index (κ2) is 5.48. The van der Waals surface area contributed by atoms with Crippen molar-refractivity contribution in [3.05, 3.63) is 0 Å². The van der Waals surface area contributed by atoms with Gasteiger partial charge in [-0.05, 0) is 58.7 Å². The SMILES string of the molecule is CN1CCCCC1CCNC1(CO)CCC1. The average molecular weight is 226 g/mol. The van der Waals surface area contributed by atoms with E-state index in [1.165, 1.54) is 38.6 Å². The number of hydrogen-bond donors (Lipinski definition) is 2. The smallest absolute Gasteiger partial charge is 0.0613 e. The Bertz CT molecular complexity index is 210. The summed E-state index contributed by atoms with van der Waals surface area (Å²) in [6.45, 7) is 2.64. The molecule has 2 aliphatic rings. The van der Waals surface area contributed by atoms with Crippen LogP contribution in [0.15, 0.2) is 0 Å². The number of nitrogens with one attached hydrogen (secondary N) is 1. The number of hydrogen-bond acceptors (Lipinski definition) is 3. The molecule has 0 aromatic carbocycles. The van der Waals surface area contributed by atoms with Gasteiger partial charge in [0.25, 0.3) is 0 Å². The van der Waals surface area contributed by atoms with E-state index in [0.717, 1.165) is 25.4 Å². The number of nitrogens with zero attached hydrogens (tertiary/aromatic N) is 1. The number of piperidine rings is 1. The van der Waals surface area contributed by atoms with Gasteiger partial charge in [-0.25, -0.2) is 0 Å². The second-order valence-corrected chi connectivity index (χ2v) is 5.64. The zero-order chi connectivity index (χ0) is 11.4. The molecule has 0 amide bonds. The van der Waals surface area contributed by atoms with Crippen LogP contribution in [0.4, 0.5) is 0 Å². The molecule has 2 rings (SSSR count). The van der Waals surface area contributed by atoms with Gasteiger partial charge in [0.05, 0.1) is 6.61 Å². The van der Waals surface area contributed by atoms with E-state index in [1.54, 1.807) is 0 Å². The van der Waals surface area contributed by atoms with E-state index in [-0.39, 0.29) is 5.54 Å². The fraction of sp³-hybridized carbons (Fsp3) is 1.00. The molecule has 0 bridgehead atoms. The molecule has 1 unspecified atom stereocenters. The third-order valence-corrected chi connectivity index (χ3v) is 4.51. The van der Waals surface area contributed by atoms with E-state index in [9.17, 15) is 5.11 Å². The molecule has 1 saturated carbocycles. The molecule has 0 spiro atoms. The van der Waals surface area contributed by atoms with E-state index in [4.69, 9.17) is 0 Å². The highest BCUT2D eigenvalue weighted by molar-refractivity contribution is 4.95. The molecule has 3 nitrogen and oxygen atoms in total. The Hall–Kier alpha value is -0.120. The Kier molecular flexibility index (Phi) is 4.22. The maximum Gasteiger partial charge on any atom is 0.0613 e.